The van der Waals surface area contributed by atoms with Gasteiger partial charge in [-0.15, -0.1) is 0 Å². The average molecular weight is 391 g/mol. The summed E-state index contributed by atoms with van der Waals surface area (Å²) < 4.78 is 11.0. The third-order valence-electron chi connectivity index (χ3n) is 4.04. The van der Waals surface area contributed by atoms with Gasteiger partial charge < -0.3 is 14.6 Å². The van der Waals surface area contributed by atoms with Crippen molar-refractivity contribution in [2.75, 3.05) is 7.11 Å². The van der Waals surface area contributed by atoms with Crippen molar-refractivity contribution in [2.24, 2.45) is 0 Å². The monoisotopic (exact) mass is 391 g/mol. The van der Waals surface area contributed by atoms with Gasteiger partial charge in [-0.05, 0) is 69.9 Å². The lowest BCUT2D eigenvalue weighted by atomic mass is 10.00. The summed E-state index contributed by atoms with van der Waals surface area (Å²) >= 11 is 1.59. The number of ether oxygens (including phenoxy) is 2. The number of hydrogen-bond acceptors (Lipinski definition) is 5. The maximum absolute atomic E-state index is 11.8. The van der Waals surface area contributed by atoms with Gasteiger partial charge >= 0.3 is 5.97 Å². The van der Waals surface area contributed by atoms with Crippen molar-refractivity contribution in [1.29, 1.82) is 5.26 Å². The molecule has 0 bridgehead atoms. The van der Waals surface area contributed by atoms with E-state index in [0.29, 0.717) is 34.8 Å². The van der Waals surface area contributed by atoms with Crippen LogP contribution in [0.5, 0.6) is 11.5 Å². The highest BCUT2D eigenvalue weighted by Gasteiger charge is 2.13. The summed E-state index contributed by atoms with van der Waals surface area (Å²) in [7, 11) is 1.52. The van der Waals surface area contributed by atoms with Crippen LogP contribution in [-0.4, -0.2) is 18.2 Å². The Kier molecular flexibility index (Phi) is 6.10. The van der Waals surface area contributed by atoms with Crippen LogP contribution < -0.4 is 9.47 Å². The molecule has 28 heavy (non-hydrogen) atoms. The third kappa shape index (κ3) is 4.58. The number of carboxylic acid groups (broad SMARTS) is 1. The Morgan fingerprint density at radius 2 is 2.07 bits per heavy atom. The molecule has 0 spiro atoms. The van der Waals surface area contributed by atoms with Crippen molar-refractivity contribution in [2.45, 2.75) is 6.61 Å². The Hall–Kier alpha value is -3.56. The van der Waals surface area contributed by atoms with Gasteiger partial charge in [0.05, 0.1) is 24.3 Å². The quantitative estimate of drug-likeness (QED) is 0.461. The normalized spacial score (nSPS) is 10.9. The minimum atomic E-state index is -1.10. The summed E-state index contributed by atoms with van der Waals surface area (Å²) in [5, 5.41) is 23.1. The maximum atomic E-state index is 11.8. The first-order valence-electron chi connectivity index (χ1n) is 8.38. The number of carbonyl (C=O) groups is 1. The number of thiophene rings is 1. The first-order chi connectivity index (χ1) is 13.6. The number of nitrogens with zero attached hydrogens (tertiary/aromatic N) is 1. The van der Waals surface area contributed by atoms with Crippen molar-refractivity contribution < 1.29 is 19.4 Å². The molecule has 0 saturated heterocycles. The van der Waals surface area contributed by atoms with Crippen LogP contribution in [0.1, 0.15) is 22.3 Å². The van der Waals surface area contributed by atoms with Gasteiger partial charge in [-0.1, -0.05) is 12.1 Å². The van der Waals surface area contributed by atoms with E-state index in [1.165, 1.54) is 13.2 Å². The summed E-state index contributed by atoms with van der Waals surface area (Å²) in [5.41, 5.74) is 2.44. The van der Waals surface area contributed by atoms with E-state index in [4.69, 9.17) is 9.47 Å². The lowest BCUT2D eigenvalue weighted by Gasteiger charge is -2.09. The largest absolute Gasteiger partial charge is 0.497 e. The van der Waals surface area contributed by atoms with Crippen molar-refractivity contribution in [1.82, 2.24) is 0 Å². The molecule has 0 atom stereocenters. The molecule has 3 rings (SSSR count). The van der Waals surface area contributed by atoms with Crippen molar-refractivity contribution in [3.63, 3.8) is 0 Å². The van der Waals surface area contributed by atoms with E-state index in [9.17, 15) is 15.2 Å². The van der Waals surface area contributed by atoms with E-state index in [2.05, 4.69) is 6.07 Å². The second-order valence-corrected chi connectivity index (χ2v) is 6.66. The molecule has 0 unspecified atom stereocenters. The second kappa shape index (κ2) is 8.89. The van der Waals surface area contributed by atoms with Gasteiger partial charge in [-0.2, -0.15) is 16.6 Å². The number of hydrogen-bond donors (Lipinski definition) is 1. The van der Waals surface area contributed by atoms with Gasteiger partial charge in [0.25, 0.3) is 0 Å². The Balaban J connectivity index is 1.97. The fourth-order valence-electron chi connectivity index (χ4n) is 2.61. The molecule has 140 valence electrons. The van der Waals surface area contributed by atoms with Gasteiger partial charge in [0.1, 0.15) is 18.1 Å². The molecule has 5 nitrogen and oxygen atoms in total. The van der Waals surface area contributed by atoms with E-state index in [1.54, 1.807) is 53.8 Å². The first kappa shape index (κ1) is 19.2. The number of carboxylic acids is 1. The SMILES string of the molecule is COc1cccc(/C(=C\c2cc(OCc3ccsc3)ccc2C#N)C(=O)O)c1. The lowest BCUT2D eigenvalue weighted by Crippen LogP contribution is -2.01. The van der Waals surface area contributed by atoms with E-state index in [0.717, 1.165) is 5.56 Å². The summed E-state index contributed by atoms with van der Waals surface area (Å²) in [5.74, 6) is 0.0200. The van der Waals surface area contributed by atoms with Crippen LogP contribution in [-0.2, 0) is 11.4 Å². The number of aliphatic carboxylic acids is 1. The molecule has 0 saturated carbocycles. The highest BCUT2D eigenvalue weighted by Crippen LogP contribution is 2.26. The molecule has 1 heterocycles. The zero-order valence-corrected chi connectivity index (χ0v) is 15.9. The highest BCUT2D eigenvalue weighted by molar-refractivity contribution is 7.07. The van der Waals surface area contributed by atoms with Crippen LogP contribution in [0.3, 0.4) is 0 Å². The lowest BCUT2D eigenvalue weighted by molar-refractivity contribution is -0.130. The summed E-state index contributed by atoms with van der Waals surface area (Å²) in [6, 6.07) is 15.9. The standard InChI is InChI=1S/C22H17NO4S/c1-26-19-4-2-3-16(9-19)21(22(24)25)11-18-10-20(6-5-17(18)12-23)27-13-15-7-8-28-14-15/h2-11,14H,13H2,1H3,(H,24,25)/b21-11+. The minimum absolute atomic E-state index is 0.0605. The van der Waals surface area contributed by atoms with Crippen molar-refractivity contribution >= 4 is 29.0 Å². The van der Waals surface area contributed by atoms with E-state index in [-0.39, 0.29) is 5.57 Å². The molecule has 0 aliphatic heterocycles. The molecular formula is C22H17NO4S. The average Bonchev–Trinajstić information content (AvgIpc) is 3.24. The molecule has 3 aromatic rings. The number of rotatable bonds is 7. The molecule has 6 heteroatoms. The molecule has 0 amide bonds. The fraction of sp³-hybridized carbons (Fsp3) is 0.0909. The van der Waals surface area contributed by atoms with Crippen LogP contribution in [0.2, 0.25) is 0 Å². The van der Waals surface area contributed by atoms with Gasteiger partial charge in [-0.3, -0.25) is 0 Å². The zero-order valence-electron chi connectivity index (χ0n) is 15.1. The van der Waals surface area contributed by atoms with Crippen LogP contribution in [0.25, 0.3) is 11.6 Å². The molecule has 2 aromatic carbocycles. The van der Waals surface area contributed by atoms with Gasteiger partial charge in [0.15, 0.2) is 0 Å². The number of benzene rings is 2. The molecule has 0 aliphatic rings. The molecule has 1 N–H and O–H groups in total. The summed E-state index contributed by atoms with van der Waals surface area (Å²) in [6.45, 7) is 0.403. The number of nitriles is 1. The predicted octanol–water partition coefficient (Wildman–Crippen LogP) is 4.83. The Morgan fingerprint density at radius 3 is 2.75 bits per heavy atom. The Morgan fingerprint density at radius 1 is 1.21 bits per heavy atom. The Labute approximate surface area is 166 Å². The molecular weight excluding hydrogens is 374 g/mol. The maximum Gasteiger partial charge on any atom is 0.336 e. The predicted molar refractivity (Wildman–Crippen MR) is 108 cm³/mol. The first-order valence-corrected chi connectivity index (χ1v) is 9.32. The molecule has 1 aromatic heterocycles. The topological polar surface area (TPSA) is 79.5 Å². The van der Waals surface area contributed by atoms with E-state index in [1.807, 2.05) is 16.8 Å². The highest BCUT2D eigenvalue weighted by atomic mass is 32.1. The van der Waals surface area contributed by atoms with E-state index >= 15 is 0 Å². The fourth-order valence-corrected chi connectivity index (χ4v) is 3.26. The smallest absolute Gasteiger partial charge is 0.336 e. The van der Waals surface area contributed by atoms with Crippen molar-refractivity contribution in [3.05, 3.63) is 81.5 Å². The summed E-state index contributed by atoms with van der Waals surface area (Å²) in [6.07, 6.45) is 1.48. The van der Waals surface area contributed by atoms with Crippen LogP contribution >= 0.6 is 11.3 Å². The zero-order chi connectivity index (χ0) is 19.9. The molecule has 0 radical (unpaired) electrons. The third-order valence-corrected chi connectivity index (χ3v) is 4.77. The van der Waals surface area contributed by atoms with Gasteiger partial charge in [-0.25, -0.2) is 4.79 Å². The number of methoxy groups -OCH3 is 1. The molecule has 0 aliphatic carbocycles. The molecule has 0 fully saturated rings. The minimum Gasteiger partial charge on any atom is -0.497 e. The van der Waals surface area contributed by atoms with Gasteiger partial charge in [0.2, 0.25) is 0 Å². The van der Waals surface area contributed by atoms with Crippen LogP contribution in [0.15, 0.2) is 59.3 Å². The Bertz CT molecular complexity index is 1050. The summed E-state index contributed by atoms with van der Waals surface area (Å²) in [4.78, 5) is 11.8. The van der Waals surface area contributed by atoms with Crippen molar-refractivity contribution in [3.8, 4) is 17.6 Å². The second-order valence-electron chi connectivity index (χ2n) is 5.88. The van der Waals surface area contributed by atoms with Crippen LogP contribution in [0.4, 0.5) is 0 Å². The van der Waals surface area contributed by atoms with Crippen LogP contribution in [0, 0.1) is 11.3 Å². The van der Waals surface area contributed by atoms with Gasteiger partial charge in [0, 0.05) is 0 Å². The van der Waals surface area contributed by atoms with E-state index < -0.39 is 5.97 Å².